The number of amides is 2. The second-order valence-electron chi connectivity index (χ2n) is 10.5. The number of carbonyl (C=O) groups excluding carboxylic acids is 2. The zero-order valence-corrected chi connectivity index (χ0v) is 26.5. The minimum Gasteiger partial charge on any atom is -0.354 e. The van der Waals surface area contributed by atoms with E-state index in [1.807, 2.05) is 13.0 Å². The van der Waals surface area contributed by atoms with Gasteiger partial charge in [-0.3, -0.25) is 13.9 Å². The van der Waals surface area contributed by atoms with E-state index < -0.39 is 51.9 Å². The summed E-state index contributed by atoms with van der Waals surface area (Å²) in [6.45, 7) is 1.21. The molecule has 0 aliphatic rings. The van der Waals surface area contributed by atoms with Gasteiger partial charge in [0.1, 0.15) is 12.6 Å². The predicted octanol–water partition coefficient (Wildman–Crippen LogP) is 6.72. The highest BCUT2D eigenvalue weighted by molar-refractivity contribution is 7.92. The van der Waals surface area contributed by atoms with E-state index in [2.05, 4.69) is 5.32 Å². The van der Waals surface area contributed by atoms with Gasteiger partial charge in [0.05, 0.1) is 21.2 Å². The van der Waals surface area contributed by atoms with Gasteiger partial charge < -0.3 is 10.2 Å². The SMILES string of the molecule is CCCNC(=O)[C@H](Cc1ccccc1)N(Cc1ccccc1)C(=O)CN(c1cc(C(F)(F)F)ccc1Cl)S(=O)(=O)c1ccccc1. The van der Waals surface area contributed by atoms with Gasteiger partial charge in [-0.05, 0) is 47.9 Å². The first kappa shape index (κ1) is 34.5. The number of alkyl halides is 3. The molecule has 1 atom stereocenters. The van der Waals surface area contributed by atoms with Crippen LogP contribution in [0.5, 0.6) is 0 Å². The molecule has 0 aliphatic carbocycles. The van der Waals surface area contributed by atoms with Crippen LogP contribution in [-0.4, -0.2) is 44.3 Å². The first-order valence-electron chi connectivity index (χ1n) is 14.5. The Kier molecular flexibility index (Phi) is 11.5. The van der Waals surface area contributed by atoms with Crippen molar-refractivity contribution in [2.75, 3.05) is 17.4 Å². The quantitative estimate of drug-likeness (QED) is 0.171. The molecule has 2 amide bonds. The molecule has 0 radical (unpaired) electrons. The number of rotatable bonds is 13. The van der Waals surface area contributed by atoms with E-state index in [9.17, 15) is 31.2 Å². The van der Waals surface area contributed by atoms with Gasteiger partial charge in [-0.2, -0.15) is 13.2 Å². The predicted molar refractivity (Wildman–Crippen MR) is 172 cm³/mol. The van der Waals surface area contributed by atoms with Crippen molar-refractivity contribution in [1.82, 2.24) is 10.2 Å². The Labute approximate surface area is 271 Å². The molecule has 0 aliphatic heterocycles. The number of carbonyl (C=O) groups is 2. The van der Waals surface area contributed by atoms with E-state index in [-0.39, 0.29) is 22.9 Å². The maximum Gasteiger partial charge on any atom is 0.416 e. The van der Waals surface area contributed by atoms with Gasteiger partial charge in [-0.1, -0.05) is 97.4 Å². The molecular formula is C34H33ClF3N3O4S. The molecular weight excluding hydrogens is 639 g/mol. The number of hydrogen-bond acceptors (Lipinski definition) is 4. The molecule has 1 N–H and O–H groups in total. The van der Waals surface area contributed by atoms with Crippen LogP contribution in [0.15, 0.2) is 114 Å². The highest BCUT2D eigenvalue weighted by atomic mass is 35.5. The standard InChI is InChI=1S/C34H33ClF3N3O4S/c1-2-20-39-33(43)31(21-25-12-6-3-7-13-25)40(23-26-14-8-4-9-15-26)32(42)24-41(46(44,45)28-16-10-5-11-17-28)30-22-27(34(36,37)38)18-19-29(30)35/h3-19,22,31H,2,20-21,23-24H2,1H3,(H,39,43)/t31-/m0/s1. The average molecular weight is 672 g/mol. The van der Waals surface area contributed by atoms with Gasteiger partial charge >= 0.3 is 6.18 Å². The summed E-state index contributed by atoms with van der Waals surface area (Å²) in [5, 5.41) is 2.53. The van der Waals surface area contributed by atoms with Gasteiger partial charge in [0.25, 0.3) is 10.0 Å². The summed E-state index contributed by atoms with van der Waals surface area (Å²) in [6, 6.07) is 26.1. The van der Waals surface area contributed by atoms with Crippen molar-refractivity contribution in [1.29, 1.82) is 0 Å². The molecule has 0 saturated heterocycles. The van der Waals surface area contributed by atoms with Crippen LogP contribution in [0.2, 0.25) is 5.02 Å². The van der Waals surface area contributed by atoms with Crippen LogP contribution < -0.4 is 9.62 Å². The Hall–Kier alpha value is -4.35. The molecule has 0 aromatic heterocycles. The fourth-order valence-corrected chi connectivity index (χ4v) is 6.53. The van der Waals surface area contributed by atoms with Crippen LogP contribution in [0.25, 0.3) is 0 Å². The maximum atomic E-state index is 14.4. The van der Waals surface area contributed by atoms with Gasteiger partial charge in [0.15, 0.2) is 0 Å². The summed E-state index contributed by atoms with van der Waals surface area (Å²) >= 11 is 6.34. The molecule has 0 bridgehead atoms. The fraction of sp³-hybridized carbons (Fsp3) is 0.235. The molecule has 46 heavy (non-hydrogen) atoms. The van der Waals surface area contributed by atoms with Crippen LogP contribution in [0.4, 0.5) is 18.9 Å². The topological polar surface area (TPSA) is 86.8 Å². The number of hydrogen-bond donors (Lipinski definition) is 1. The summed E-state index contributed by atoms with van der Waals surface area (Å²) in [4.78, 5) is 29.0. The second kappa shape index (κ2) is 15.3. The molecule has 0 fully saturated rings. The summed E-state index contributed by atoms with van der Waals surface area (Å²) in [7, 11) is -4.63. The van der Waals surface area contributed by atoms with Crippen LogP contribution in [0.3, 0.4) is 0 Å². The lowest BCUT2D eigenvalue weighted by Crippen LogP contribution is -2.53. The molecule has 0 spiro atoms. The highest BCUT2D eigenvalue weighted by Gasteiger charge is 2.37. The lowest BCUT2D eigenvalue weighted by atomic mass is 10.0. The van der Waals surface area contributed by atoms with E-state index in [1.54, 1.807) is 60.7 Å². The average Bonchev–Trinajstić information content (AvgIpc) is 3.05. The Morgan fingerprint density at radius 1 is 0.848 bits per heavy atom. The lowest BCUT2D eigenvalue weighted by molar-refractivity contribution is -0.140. The monoisotopic (exact) mass is 671 g/mol. The summed E-state index contributed by atoms with van der Waals surface area (Å²) < 4.78 is 70.0. The number of halogens is 4. The minimum atomic E-state index is -4.82. The number of nitrogens with one attached hydrogen (secondary N) is 1. The Bertz CT molecular complexity index is 1730. The van der Waals surface area contributed by atoms with E-state index in [1.165, 1.54) is 29.2 Å². The molecule has 7 nitrogen and oxygen atoms in total. The molecule has 0 unspecified atom stereocenters. The van der Waals surface area contributed by atoms with Crippen molar-refractivity contribution in [3.05, 3.63) is 131 Å². The number of sulfonamides is 1. The zero-order valence-electron chi connectivity index (χ0n) is 25.0. The third-order valence-corrected chi connectivity index (χ3v) is 9.26. The van der Waals surface area contributed by atoms with Crippen molar-refractivity contribution in [2.24, 2.45) is 0 Å². The molecule has 0 heterocycles. The van der Waals surface area contributed by atoms with Crippen LogP contribution in [0.1, 0.15) is 30.0 Å². The zero-order chi connectivity index (χ0) is 33.3. The molecule has 4 rings (SSSR count). The van der Waals surface area contributed by atoms with Gasteiger partial charge in [0, 0.05) is 19.5 Å². The first-order valence-corrected chi connectivity index (χ1v) is 16.3. The van der Waals surface area contributed by atoms with Crippen molar-refractivity contribution in [2.45, 2.75) is 43.4 Å². The van der Waals surface area contributed by atoms with E-state index in [4.69, 9.17) is 11.6 Å². The second-order valence-corrected chi connectivity index (χ2v) is 12.8. The smallest absolute Gasteiger partial charge is 0.354 e. The third kappa shape index (κ3) is 8.67. The number of anilines is 1. The Morgan fingerprint density at radius 3 is 1.98 bits per heavy atom. The normalized spacial score (nSPS) is 12.3. The molecule has 4 aromatic carbocycles. The van der Waals surface area contributed by atoms with Crippen LogP contribution in [-0.2, 0) is 38.8 Å². The van der Waals surface area contributed by atoms with Crippen molar-refractivity contribution < 1.29 is 31.2 Å². The molecule has 0 saturated carbocycles. The maximum absolute atomic E-state index is 14.4. The highest BCUT2D eigenvalue weighted by Crippen LogP contribution is 2.37. The lowest BCUT2D eigenvalue weighted by Gasteiger charge is -2.34. The van der Waals surface area contributed by atoms with E-state index in [0.29, 0.717) is 28.9 Å². The molecule has 12 heteroatoms. The third-order valence-electron chi connectivity index (χ3n) is 7.17. The van der Waals surface area contributed by atoms with Crippen LogP contribution in [0, 0.1) is 0 Å². The fourth-order valence-electron chi connectivity index (χ4n) is 4.81. The van der Waals surface area contributed by atoms with Crippen molar-refractivity contribution >= 4 is 39.1 Å². The molecule has 242 valence electrons. The summed E-state index contributed by atoms with van der Waals surface area (Å²) in [6.07, 6.45) is -4.08. The van der Waals surface area contributed by atoms with Crippen molar-refractivity contribution in [3.63, 3.8) is 0 Å². The van der Waals surface area contributed by atoms with Crippen molar-refractivity contribution in [3.8, 4) is 0 Å². The largest absolute Gasteiger partial charge is 0.416 e. The Morgan fingerprint density at radius 2 is 1.41 bits per heavy atom. The summed E-state index contributed by atoms with van der Waals surface area (Å²) in [5.74, 6) is -1.27. The van der Waals surface area contributed by atoms with E-state index >= 15 is 0 Å². The summed E-state index contributed by atoms with van der Waals surface area (Å²) in [5.41, 5.74) is -0.260. The number of benzene rings is 4. The Balaban J connectivity index is 1.85. The van der Waals surface area contributed by atoms with E-state index in [0.717, 1.165) is 17.7 Å². The van der Waals surface area contributed by atoms with Gasteiger partial charge in [0.2, 0.25) is 11.8 Å². The minimum absolute atomic E-state index is 0.0771. The van der Waals surface area contributed by atoms with Gasteiger partial charge in [-0.15, -0.1) is 0 Å². The molecule has 4 aromatic rings. The number of nitrogens with zero attached hydrogens (tertiary/aromatic N) is 2. The van der Waals surface area contributed by atoms with Gasteiger partial charge in [-0.25, -0.2) is 8.42 Å². The van der Waals surface area contributed by atoms with Crippen LogP contribution >= 0.6 is 11.6 Å². The first-order chi connectivity index (χ1) is 21.9.